The third kappa shape index (κ3) is 4.46. The van der Waals surface area contributed by atoms with Crippen molar-refractivity contribution in [3.8, 4) is 11.8 Å². The summed E-state index contributed by atoms with van der Waals surface area (Å²) in [5.41, 5.74) is 8.74. The van der Waals surface area contributed by atoms with E-state index in [0.29, 0.717) is 35.5 Å². The minimum atomic E-state index is -0.677. The topological polar surface area (TPSA) is 85.3 Å². The number of rotatable bonds is 5. The Morgan fingerprint density at radius 3 is 2.56 bits per heavy atom. The predicted molar refractivity (Wildman–Crippen MR) is 133 cm³/mol. The third-order valence-electron chi connectivity index (χ3n) is 6.57. The molecular weight excluding hydrogens is 479 g/mol. The van der Waals surface area contributed by atoms with Gasteiger partial charge in [0.25, 0.3) is 0 Å². The van der Waals surface area contributed by atoms with E-state index in [9.17, 15) is 14.4 Å². The molecule has 0 aromatic heterocycles. The molecule has 0 saturated heterocycles. The number of ketones is 1. The fraction of sp³-hybridized carbons (Fsp3) is 0.172. The average Bonchev–Trinajstić information content (AvgIpc) is 2.88. The van der Waals surface area contributed by atoms with Crippen molar-refractivity contribution in [3.63, 3.8) is 0 Å². The molecule has 5 rings (SSSR count). The Kier molecular flexibility index (Phi) is 6.49. The molecule has 180 valence electrons. The summed E-state index contributed by atoms with van der Waals surface area (Å²) in [6.07, 6.45) is 0.812. The summed E-state index contributed by atoms with van der Waals surface area (Å²) in [6, 6.07) is 23.4. The van der Waals surface area contributed by atoms with Crippen molar-refractivity contribution < 1.29 is 18.7 Å². The standard InChI is InChI=1S/C29H22ClFN2O3/c30-23-10-5-11-24(31)22(23)16-35-20-9-4-8-18(12-20)27-21(15-32)29(33)36-26-14-19(13-25(34)28(26)27)17-6-2-1-3-7-17/h1-12,19,27H,13-14,16,33H2/t19-,27-/m0/s1. The van der Waals surface area contributed by atoms with Gasteiger partial charge in [0.15, 0.2) is 5.78 Å². The summed E-state index contributed by atoms with van der Waals surface area (Å²) >= 11 is 6.12. The van der Waals surface area contributed by atoms with Crippen LogP contribution in [0, 0.1) is 17.1 Å². The van der Waals surface area contributed by atoms with Crippen LogP contribution in [0.3, 0.4) is 0 Å². The van der Waals surface area contributed by atoms with E-state index in [4.69, 9.17) is 26.8 Å². The molecule has 1 aliphatic heterocycles. The van der Waals surface area contributed by atoms with Crippen LogP contribution in [-0.4, -0.2) is 5.78 Å². The maximum Gasteiger partial charge on any atom is 0.205 e. The van der Waals surface area contributed by atoms with E-state index in [2.05, 4.69) is 6.07 Å². The quantitative estimate of drug-likeness (QED) is 0.446. The normalized spacial score (nSPS) is 19.4. The summed E-state index contributed by atoms with van der Waals surface area (Å²) in [7, 11) is 0. The van der Waals surface area contributed by atoms with Crippen LogP contribution in [0.15, 0.2) is 95.6 Å². The highest BCUT2D eigenvalue weighted by molar-refractivity contribution is 6.31. The van der Waals surface area contributed by atoms with Crippen molar-refractivity contribution in [2.75, 3.05) is 0 Å². The Morgan fingerprint density at radius 1 is 1.06 bits per heavy atom. The first-order valence-corrected chi connectivity index (χ1v) is 11.9. The number of Topliss-reactive ketones (excluding diaryl/α,β-unsaturated/α-hetero) is 1. The fourth-order valence-electron chi connectivity index (χ4n) is 4.81. The average molecular weight is 501 g/mol. The molecular formula is C29H22ClFN2O3. The van der Waals surface area contributed by atoms with Gasteiger partial charge in [-0.1, -0.05) is 60.1 Å². The van der Waals surface area contributed by atoms with Crippen molar-refractivity contribution in [1.29, 1.82) is 5.26 Å². The second-order valence-electron chi connectivity index (χ2n) is 8.76. The summed E-state index contributed by atoms with van der Waals surface area (Å²) in [5.74, 6) is -0.320. The van der Waals surface area contributed by atoms with Gasteiger partial charge in [0.2, 0.25) is 5.88 Å². The van der Waals surface area contributed by atoms with Crippen molar-refractivity contribution in [3.05, 3.63) is 123 Å². The van der Waals surface area contributed by atoms with E-state index in [0.717, 1.165) is 5.56 Å². The molecule has 2 atom stereocenters. The predicted octanol–water partition coefficient (Wildman–Crippen LogP) is 6.27. The van der Waals surface area contributed by atoms with Crippen LogP contribution in [0.25, 0.3) is 0 Å². The van der Waals surface area contributed by atoms with Crippen LogP contribution in [0.1, 0.15) is 41.4 Å². The summed E-state index contributed by atoms with van der Waals surface area (Å²) in [5, 5.41) is 10.2. The molecule has 0 unspecified atom stereocenters. The zero-order valence-electron chi connectivity index (χ0n) is 19.2. The number of nitrogens with zero attached hydrogens (tertiary/aromatic N) is 1. The number of carbonyl (C=O) groups is 1. The van der Waals surface area contributed by atoms with Crippen molar-refractivity contribution in [2.24, 2.45) is 5.73 Å². The van der Waals surface area contributed by atoms with E-state index in [1.165, 1.54) is 12.1 Å². The van der Waals surface area contributed by atoms with E-state index < -0.39 is 11.7 Å². The first-order chi connectivity index (χ1) is 17.5. The molecule has 0 spiro atoms. The van der Waals surface area contributed by atoms with Crippen LogP contribution < -0.4 is 10.5 Å². The van der Waals surface area contributed by atoms with E-state index in [1.54, 1.807) is 24.3 Å². The first-order valence-electron chi connectivity index (χ1n) is 11.5. The molecule has 1 heterocycles. The number of hydrogen-bond donors (Lipinski definition) is 1. The smallest absolute Gasteiger partial charge is 0.205 e. The number of nitrogens with two attached hydrogens (primary N) is 1. The van der Waals surface area contributed by atoms with E-state index in [-0.39, 0.29) is 40.4 Å². The number of halogens is 2. The monoisotopic (exact) mass is 500 g/mol. The minimum Gasteiger partial charge on any atom is -0.489 e. The molecule has 0 fully saturated rings. The van der Waals surface area contributed by atoms with Crippen LogP contribution in [0.4, 0.5) is 4.39 Å². The number of carbonyl (C=O) groups excluding carboxylic acids is 1. The molecule has 36 heavy (non-hydrogen) atoms. The lowest BCUT2D eigenvalue weighted by Crippen LogP contribution is -2.29. The fourth-order valence-corrected chi connectivity index (χ4v) is 5.03. The number of benzene rings is 3. The number of ether oxygens (including phenoxy) is 2. The molecule has 0 saturated carbocycles. The van der Waals surface area contributed by atoms with Gasteiger partial charge in [-0.15, -0.1) is 0 Å². The number of allylic oxidation sites excluding steroid dienone is 3. The molecule has 0 amide bonds. The Labute approximate surface area is 213 Å². The maximum absolute atomic E-state index is 14.2. The van der Waals surface area contributed by atoms with Gasteiger partial charge >= 0.3 is 0 Å². The lowest BCUT2D eigenvalue weighted by atomic mass is 9.73. The van der Waals surface area contributed by atoms with Gasteiger partial charge in [0.1, 0.15) is 35.6 Å². The zero-order valence-corrected chi connectivity index (χ0v) is 20.0. The Hall–Kier alpha value is -4.08. The number of hydrogen-bond acceptors (Lipinski definition) is 5. The van der Waals surface area contributed by atoms with E-state index >= 15 is 0 Å². The van der Waals surface area contributed by atoms with Crippen LogP contribution in [0.5, 0.6) is 5.75 Å². The Morgan fingerprint density at radius 2 is 1.81 bits per heavy atom. The highest BCUT2D eigenvalue weighted by Gasteiger charge is 2.41. The second-order valence-corrected chi connectivity index (χ2v) is 9.17. The van der Waals surface area contributed by atoms with Gasteiger partial charge in [-0.2, -0.15) is 5.26 Å². The lowest BCUT2D eigenvalue weighted by Gasteiger charge is -2.34. The number of nitriles is 1. The molecule has 3 aromatic carbocycles. The SMILES string of the molecule is N#CC1=C(N)OC2=C(C(=O)C[C@H](c3ccccc3)C2)[C@H]1c1cccc(OCc2c(F)cccc2Cl)c1. The van der Waals surface area contributed by atoms with Crippen molar-refractivity contribution in [1.82, 2.24) is 0 Å². The molecule has 0 bridgehead atoms. The summed E-state index contributed by atoms with van der Waals surface area (Å²) in [6.45, 7) is -0.0720. The lowest BCUT2D eigenvalue weighted by molar-refractivity contribution is -0.117. The third-order valence-corrected chi connectivity index (χ3v) is 6.92. The molecule has 1 aliphatic carbocycles. The zero-order chi connectivity index (χ0) is 25.2. The Bertz CT molecular complexity index is 1420. The van der Waals surface area contributed by atoms with Crippen LogP contribution >= 0.6 is 11.6 Å². The maximum atomic E-state index is 14.2. The van der Waals surface area contributed by atoms with Crippen LogP contribution in [0.2, 0.25) is 5.02 Å². The van der Waals surface area contributed by atoms with E-state index in [1.807, 2.05) is 36.4 Å². The van der Waals surface area contributed by atoms with Crippen molar-refractivity contribution >= 4 is 17.4 Å². The van der Waals surface area contributed by atoms with Crippen molar-refractivity contribution in [2.45, 2.75) is 31.3 Å². The van der Waals surface area contributed by atoms with Gasteiger partial charge in [-0.3, -0.25) is 4.79 Å². The summed E-state index contributed by atoms with van der Waals surface area (Å²) in [4.78, 5) is 13.4. The molecule has 2 N–H and O–H groups in total. The van der Waals surface area contributed by atoms with Gasteiger partial charge in [-0.05, 0) is 41.3 Å². The second kappa shape index (κ2) is 9.88. The first kappa shape index (κ1) is 23.7. The molecule has 7 heteroatoms. The molecule has 0 radical (unpaired) electrons. The van der Waals surface area contributed by atoms with Gasteiger partial charge in [-0.25, -0.2) is 4.39 Å². The molecule has 5 nitrogen and oxygen atoms in total. The molecule has 2 aliphatic rings. The van der Waals surface area contributed by atoms with Crippen LogP contribution in [-0.2, 0) is 16.1 Å². The van der Waals surface area contributed by atoms with Gasteiger partial charge in [0, 0.05) is 24.0 Å². The van der Waals surface area contributed by atoms with Gasteiger partial charge < -0.3 is 15.2 Å². The minimum absolute atomic E-state index is 0.00720. The summed E-state index contributed by atoms with van der Waals surface area (Å²) < 4.78 is 25.8. The highest BCUT2D eigenvalue weighted by atomic mass is 35.5. The largest absolute Gasteiger partial charge is 0.489 e. The van der Waals surface area contributed by atoms with Gasteiger partial charge in [0.05, 0.1) is 10.9 Å². The Balaban J connectivity index is 1.48. The highest BCUT2D eigenvalue weighted by Crippen LogP contribution is 2.47. The molecule has 3 aromatic rings.